The average Bonchev–Trinajstić information content (AvgIpc) is 3.14. The number of rotatable bonds is 5. The molecule has 0 unspecified atom stereocenters. The Morgan fingerprint density at radius 2 is 1.76 bits per heavy atom. The number of fused-ring (bicyclic) bond motifs is 1. The highest BCUT2D eigenvalue weighted by Gasteiger charge is 2.44. The van der Waals surface area contributed by atoms with Crippen molar-refractivity contribution < 1.29 is 29.9 Å². The molecule has 154 valence electrons. The number of aliphatic hydroxyl groups is 4. The van der Waals surface area contributed by atoms with Gasteiger partial charge in [-0.15, -0.1) is 0 Å². The van der Waals surface area contributed by atoms with Crippen molar-refractivity contribution in [3.63, 3.8) is 0 Å². The van der Waals surface area contributed by atoms with Gasteiger partial charge in [-0.2, -0.15) is 0 Å². The quantitative estimate of drug-likeness (QED) is 0.429. The topological polar surface area (TPSA) is 115 Å². The van der Waals surface area contributed by atoms with Gasteiger partial charge in [-0.1, -0.05) is 29.8 Å². The Labute approximate surface area is 172 Å². The van der Waals surface area contributed by atoms with Crippen molar-refractivity contribution in [2.75, 3.05) is 6.61 Å². The largest absolute Gasteiger partial charge is 0.461 e. The zero-order chi connectivity index (χ0) is 20.5. The molecule has 1 saturated heterocycles. The molecule has 5 atom stereocenters. The number of hydrogen-bond acceptors (Lipinski definition) is 6. The van der Waals surface area contributed by atoms with Gasteiger partial charge < -0.3 is 34.9 Å². The van der Waals surface area contributed by atoms with Crippen molar-refractivity contribution in [2.24, 2.45) is 0 Å². The number of H-pyrrole nitrogens is 1. The molecule has 0 spiro atoms. The van der Waals surface area contributed by atoms with Gasteiger partial charge in [-0.3, -0.25) is 0 Å². The van der Waals surface area contributed by atoms with Crippen LogP contribution in [0.4, 0.5) is 0 Å². The first-order valence-corrected chi connectivity index (χ1v) is 9.66. The molecule has 7 nitrogen and oxygen atoms in total. The van der Waals surface area contributed by atoms with Crippen LogP contribution in [0, 0.1) is 0 Å². The second-order valence-electron chi connectivity index (χ2n) is 7.11. The molecule has 2 aromatic carbocycles. The summed E-state index contributed by atoms with van der Waals surface area (Å²) < 4.78 is 11.4. The van der Waals surface area contributed by atoms with Crippen molar-refractivity contribution >= 4 is 22.5 Å². The summed E-state index contributed by atoms with van der Waals surface area (Å²) in [5.41, 5.74) is 2.89. The van der Waals surface area contributed by atoms with Gasteiger partial charge in [0.05, 0.1) is 6.61 Å². The third-order valence-electron chi connectivity index (χ3n) is 5.15. The summed E-state index contributed by atoms with van der Waals surface area (Å²) in [6.07, 6.45) is -4.15. The summed E-state index contributed by atoms with van der Waals surface area (Å²) >= 11 is 5.96. The number of halogens is 1. The monoisotopic (exact) mass is 419 g/mol. The summed E-state index contributed by atoms with van der Waals surface area (Å²) in [5.74, 6) is 0.456. The Morgan fingerprint density at radius 3 is 2.48 bits per heavy atom. The first-order chi connectivity index (χ1) is 14.0. The molecular weight excluding hydrogens is 398 g/mol. The van der Waals surface area contributed by atoms with Crippen LogP contribution in [0.5, 0.6) is 5.75 Å². The maximum atomic E-state index is 10.3. The molecule has 0 saturated carbocycles. The Kier molecular flexibility index (Phi) is 5.78. The SMILES string of the molecule is OC[C@H]1O[C@@H](Oc2cccc3[nH]cc(Cc4ccc(Cl)cc4)c23)[C@H](O)[C@@H](O)[C@@H]1O. The van der Waals surface area contributed by atoms with E-state index in [1.807, 2.05) is 36.5 Å². The van der Waals surface area contributed by atoms with Crippen LogP contribution in [-0.2, 0) is 11.2 Å². The number of aromatic nitrogens is 1. The number of nitrogens with one attached hydrogen (secondary N) is 1. The van der Waals surface area contributed by atoms with Gasteiger partial charge in [0.2, 0.25) is 6.29 Å². The molecular formula is C21H22ClNO6. The van der Waals surface area contributed by atoms with Crippen LogP contribution >= 0.6 is 11.6 Å². The van der Waals surface area contributed by atoms with Gasteiger partial charge in [0.1, 0.15) is 30.2 Å². The van der Waals surface area contributed by atoms with Crippen LogP contribution in [-0.4, -0.2) is 62.7 Å². The van der Waals surface area contributed by atoms with E-state index in [9.17, 15) is 20.4 Å². The van der Waals surface area contributed by atoms with Crippen molar-refractivity contribution in [1.82, 2.24) is 4.98 Å². The fraction of sp³-hybridized carbons (Fsp3) is 0.333. The Hall–Kier alpha value is -2.13. The highest BCUT2D eigenvalue weighted by molar-refractivity contribution is 6.30. The fourth-order valence-corrected chi connectivity index (χ4v) is 3.70. The standard InChI is InChI=1S/C21H22ClNO6/c22-13-6-4-11(5-7-13)8-12-9-23-14-2-1-3-15(17(12)14)28-21-20(27)19(26)18(25)16(10-24)29-21/h1-7,9,16,18-21,23-27H,8,10H2/t16-,18-,19+,20-,21-/m1/s1. The van der Waals surface area contributed by atoms with E-state index in [1.54, 1.807) is 12.1 Å². The zero-order valence-corrected chi connectivity index (χ0v) is 16.2. The summed E-state index contributed by atoms with van der Waals surface area (Å²) in [5, 5.41) is 41.1. The Morgan fingerprint density at radius 1 is 1.00 bits per heavy atom. The summed E-state index contributed by atoms with van der Waals surface area (Å²) in [6, 6.07) is 13.0. The number of hydrogen-bond donors (Lipinski definition) is 5. The van der Waals surface area contributed by atoms with Crippen molar-refractivity contribution in [2.45, 2.75) is 37.1 Å². The summed E-state index contributed by atoms with van der Waals surface area (Å²) in [6.45, 7) is -0.513. The van der Waals surface area contributed by atoms with Gasteiger partial charge in [0.15, 0.2) is 0 Å². The lowest BCUT2D eigenvalue weighted by Gasteiger charge is -2.39. The molecule has 5 N–H and O–H groups in total. The minimum Gasteiger partial charge on any atom is -0.461 e. The smallest absolute Gasteiger partial charge is 0.229 e. The number of ether oxygens (including phenoxy) is 2. The minimum absolute atomic E-state index is 0.456. The molecule has 0 bridgehead atoms. The van der Waals surface area contributed by atoms with Crippen molar-refractivity contribution in [3.8, 4) is 5.75 Å². The van der Waals surface area contributed by atoms with Crippen LogP contribution in [0.25, 0.3) is 10.9 Å². The second kappa shape index (κ2) is 8.31. The van der Waals surface area contributed by atoms with Gasteiger partial charge in [-0.25, -0.2) is 0 Å². The fourth-order valence-electron chi connectivity index (χ4n) is 3.57. The molecule has 1 aliphatic rings. The lowest BCUT2D eigenvalue weighted by atomic mass is 9.99. The zero-order valence-electron chi connectivity index (χ0n) is 15.4. The molecule has 4 rings (SSSR count). The van der Waals surface area contributed by atoms with Gasteiger partial charge in [0.25, 0.3) is 0 Å². The van der Waals surface area contributed by atoms with E-state index in [2.05, 4.69) is 4.98 Å². The van der Waals surface area contributed by atoms with E-state index >= 15 is 0 Å². The van der Waals surface area contributed by atoms with Crippen molar-refractivity contribution in [1.29, 1.82) is 0 Å². The van der Waals surface area contributed by atoms with E-state index in [0.717, 1.165) is 22.0 Å². The third-order valence-corrected chi connectivity index (χ3v) is 5.40. The van der Waals surface area contributed by atoms with Crippen LogP contribution < -0.4 is 4.74 Å². The highest BCUT2D eigenvalue weighted by atomic mass is 35.5. The number of aliphatic hydroxyl groups excluding tert-OH is 4. The number of aromatic amines is 1. The molecule has 1 fully saturated rings. The third kappa shape index (κ3) is 3.98. The van der Waals surface area contributed by atoms with E-state index < -0.39 is 37.3 Å². The van der Waals surface area contributed by atoms with E-state index in [-0.39, 0.29) is 0 Å². The predicted molar refractivity (Wildman–Crippen MR) is 107 cm³/mol. The lowest BCUT2D eigenvalue weighted by molar-refractivity contribution is -0.277. The molecule has 3 aromatic rings. The van der Waals surface area contributed by atoms with Crippen LogP contribution in [0.1, 0.15) is 11.1 Å². The molecule has 29 heavy (non-hydrogen) atoms. The van der Waals surface area contributed by atoms with E-state index in [0.29, 0.717) is 17.2 Å². The first-order valence-electron chi connectivity index (χ1n) is 9.28. The summed E-state index contributed by atoms with van der Waals surface area (Å²) in [4.78, 5) is 3.21. The predicted octanol–water partition coefficient (Wildman–Crippen LogP) is 1.59. The average molecular weight is 420 g/mol. The highest BCUT2D eigenvalue weighted by Crippen LogP contribution is 2.33. The van der Waals surface area contributed by atoms with Gasteiger partial charge >= 0.3 is 0 Å². The molecule has 1 aromatic heterocycles. The van der Waals surface area contributed by atoms with Gasteiger partial charge in [-0.05, 0) is 41.8 Å². The first kappa shape index (κ1) is 20.2. The minimum atomic E-state index is -1.50. The van der Waals surface area contributed by atoms with Crippen LogP contribution in [0.15, 0.2) is 48.7 Å². The van der Waals surface area contributed by atoms with Gasteiger partial charge in [0, 0.05) is 22.1 Å². The maximum Gasteiger partial charge on any atom is 0.229 e. The number of benzene rings is 2. The summed E-state index contributed by atoms with van der Waals surface area (Å²) in [7, 11) is 0. The molecule has 8 heteroatoms. The molecule has 0 aliphatic carbocycles. The van der Waals surface area contributed by atoms with Crippen LogP contribution in [0.2, 0.25) is 5.02 Å². The van der Waals surface area contributed by atoms with E-state index in [4.69, 9.17) is 21.1 Å². The molecule has 0 radical (unpaired) electrons. The molecule has 2 heterocycles. The van der Waals surface area contributed by atoms with E-state index in [1.165, 1.54) is 0 Å². The van der Waals surface area contributed by atoms with Crippen LogP contribution in [0.3, 0.4) is 0 Å². The van der Waals surface area contributed by atoms with Crippen molar-refractivity contribution in [3.05, 3.63) is 64.8 Å². The lowest BCUT2D eigenvalue weighted by Crippen LogP contribution is -2.60. The second-order valence-corrected chi connectivity index (χ2v) is 7.55. The Balaban J connectivity index is 1.64. The molecule has 0 amide bonds. The normalized spacial score (nSPS) is 27.3. The molecule has 1 aliphatic heterocycles. The maximum absolute atomic E-state index is 10.3. The Bertz CT molecular complexity index is 973.